The van der Waals surface area contributed by atoms with Crippen LogP contribution in [0.15, 0.2) is 24.3 Å². The Morgan fingerprint density at radius 2 is 1.85 bits per heavy atom. The van der Waals surface area contributed by atoms with E-state index >= 15 is 0 Å². The van der Waals surface area contributed by atoms with Gasteiger partial charge >= 0.3 is 0 Å². The van der Waals surface area contributed by atoms with E-state index in [4.69, 9.17) is 0 Å². The first-order valence-corrected chi connectivity index (χ1v) is 6.84. The summed E-state index contributed by atoms with van der Waals surface area (Å²) < 4.78 is 0. The normalized spacial score (nSPS) is 22.2. The number of nitrogens with zero attached hydrogens (tertiary/aromatic N) is 1. The summed E-state index contributed by atoms with van der Waals surface area (Å²) in [7, 11) is 0. The van der Waals surface area contributed by atoms with Gasteiger partial charge in [-0.15, -0.1) is 0 Å². The fraction of sp³-hybridized carbons (Fsp3) is 0.400. The second kappa shape index (κ2) is 5.07. The van der Waals surface area contributed by atoms with Gasteiger partial charge in [0.15, 0.2) is 0 Å². The van der Waals surface area contributed by atoms with E-state index in [-0.39, 0.29) is 24.9 Å². The molecule has 0 spiro atoms. The number of aryl methyl sites for hydroxylation is 1. The number of hydrogen-bond acceptors (Lipinski definition) is 3. The first kappa shape index (κ1) is 12.8. The van der Waals surface area contributed by atoms with Crippen LogP contribution in [0.1, 0.15) is 29.9 Å². The zero-order chi connectivity index (χ0) is 14.1. The van der Waals surface area contributed by atoms with Crippen LogP contribution in [0.5, 0.6) is 0 Å². The second-order valence-corrected chi connectivity index (χ2v) is 5.31. The standard InChI is InChI=1S/C15H16N2O3/c18-13-8-17(9-14(19)16-13)15(20)12-7-3-5-10-4-1-2-6-11(10)12/h1-2,4,6,12H,3,5,7-9H2,(H,16,18,19). The van der Waals surface area contributed by atoms with Gasteiger partial charge in [0.05, 0.1) is 5.92 Å². The molecule has 1 aromatic carbocycles. The average molecular weight is 272 g/mol. The lowest BCUT2D eigenvalue weighted by molar-refractivity contribution is -0.146. The summed E-state index contributed by atoms with van der Waals surface area (Å²) in [5.41, 5.74) is 2.24. The van der Waals surface area contributed by atoms with E-state index in [9.17, 15) is 14.4 Å². The molecule has 3 amide bonds. The number of carbonyl (C=O) groups is 3. The molecule has 1 N–H and O–H groups in total. The molecule has 5 nitrogen and oxygen atoms in total. The SMILES string of the molecule is O=C1CN(C(=O)C2CCCc3ccccc32)CC(=O)N1. The maximum Gasteiger partial charge on any atom is 0.246 e. The Balaban J connectivity index is 1.85. The Morgan fingerprint density at radius 1 is 1.15 bits per heavy atom. The molecule has 1 saturated heterocycles. The smallest absolute Gasteiger partial charge is 0.246 e. The van der Waals surface area contributed by atoms with Crippen LogP contribution in [-0.2, 0) is 20.8 Å². The quantitative estimate of drug-likeness (QED) is 0.761. The van der Waals surface area contributed by atoms with Crippen molar-refractivity contribution >= 4 is 17.7 Å². The molecule has 0 bridgehead atoms. The van der Waals surface area contributed by atoms with E-state index in [1.54, 1.807) is 0 Å². The van der Waals surface area contributed by atoms with E-state index in [2.05, 4.69) is 5.32 Å². The molecule has 1 aliphatic carbocycles. The molecule has 1 fully saturated rings. The number of carbonyl (C=O) groups excluding carboxylic acids is 3. The third-order valence-corrected chi connectivity index (χ3v) is 3.93. The number of piperazine rings is 1. The largest absolute Gasteiger partial charge is 0.324 e. The van der Waals surface area contributed by atoms with Gasteiger partial charge in [-0.1, -0.05) is 24.3 Å². The van der Waals surface area contributed by atoms with Crippen LogP contribution >= 0.6 is 0 Å². The van der Waals surface area contributed by atoms with Crippen LogP contribution in [0.3, 0.4) is 0 Å². The van der Waals surface area contributed by atoms with Crippen molar-refractivity contribution in [2.75, 3.05) is 13.1 Å². The molecular formula is C15H16N2O3. The Bertz CT molecular complexity index is 566. The minimum atomic E-state index is -0.404. The van der Waals surface area contributed by atoms with Gasteiger partial charge in [-0.05, 0) is 30.4 Å². The summed E-state index contributed by atoms with van der Waals surface area (Å²) >= 11 is 0. The zero-order valence-corrected chi connectivity index (χ0v) is 11.1. The van der Waals surface area contributed by atoms with Crippen molar-refractivity contribution in [1.29, 1.82) is 0 Å². The third kappa shape index (κ3) is 2.31. The van der Waals surface area contributed by atoms with Crippen molar-refractivity contribution in [2.24, 2.45) is 0 Å². The fourth-order valence-corrected chi connectivity index (χ4v) is 3.02. The average Bonchev–Trinajstić information content (AvgIpc) is 2.45. The van der Waals surface area contributed by atoms with Crippen LogP contribution < -0.4 is 5.32 Å². The first-order valence-electron chi connectivity index (χ1n) is 6.84. The summed E-state index contributed by atoms with van der Waals surface area (Å²) in [5.74, 6) is -1.14. The molecule has 20 heavy (non-hydrogen) atoms. The number of benzene rings is 1. The first-order chi connectivity index (χ1) is 9.65. The van der Waals surface area contributed by atoms with E-state index < -0.39 is 11.8 Å². The second-order valence-electron chi connectivity index (χ2n) is 5.31. The molecule has 1 heterocycles. The van der Waals surface area contributed by atoms with Crippen LogP contribution in [0.4, 0.5) is 0 Å². The Labute approximate surface area is 116 Å². The molecule has 0 saturated carbocycles. The van der Waals surface area contributed by atoms with E-state index in [0.717, 1.165) is 24.8 Å². The third-order valence-electron chi connectivity index (χ3n) is 3.93. The number of fused-ring (bicyclic) bond motifs is 1. The van der Waals surface area contributed by atoms with Crippen LogP contribution in [0, 0.1) is 0 Å². The number of nitrogens with one attached hydrogen (secondary N) is 1. The maximum atomic E-state index is 12.6. The predicted octanol–water partition coefficient (Wildman–Crippen LogP) is 0.591. The molecule has 1 aliphatic heterocycles. The maximum absolute atomic E-state index is 12.6. The molecule has 5 heteroatoms. The molecule has 1 atom stereocenters. The highest BCUT2D eigenvalue weighted by atomic mass is 16.2. The molecule has 3 rings (SSSR count). The van der Waals surface area contributed by atoms with E-state index in [1.165, 1.54) is 10.5 Å². The van der Waals surface area contributed by atoms with Gasteiger partial charge in [0.1, 0.15) is 13.1 Å². The molecule has 0 radical (unpaired) electrons. The minimum absolute atomic E-state index is 0.0246. The summed E-state index contributed by atoms with van der Waals surface area (Å²) in [6.07, 6.45) is 2.73. The summed E-state index contributed by atoms with van der Waals surface area (Å²) in [6.45, 7) is -0.0491. The van der Waals surface area contributed by atoms with Gasteiger partial charge in [-0.3, -0.25) is 19.7 Å². The van der Waals surface area contributed by atoms with E-state index in [0.29, 0.717) is 0 Å². The highest BCUT2D eigenvalue weighted by molar-refractivity contribution is 6.03. The molecule has 104 valence electrons. The summed E-state index contributed by atoms with van der Waals surface area (Å²) in [6, 6.07) is 7.92. The van der Waals surface area contributed by atoms with Crippen molar-refractivity contribution in [3.8, 4) is 0 Å². The van der Waals surface area contributed by atoms with Crippen molar-refractivity contribution < 1.29 is 14.4 Å². The zero-order valence-electron chi connectivity index (χ0n) is 11.1. The Morgan fingerprint density at radius 3 is 2.60 bits per heavy atom. The fourth-order valence-electron chi connectivity index (χ4n) is 3.02. The van der Waals surface area contributed by atoms with Crippen LogP contribution in [0.25, 0.3) is 0 Å². The lowest BCUT2D eigenvalue weighted by atomic mass is 9.82. The van der Waals surface area contributed by atoms with Crippen LogP contribution in [-0.4, -0.2) is 35.7 Å². The summed E-state index contributed by atoms with van der Waals surface area (Å²) in [4.78, 5) is 36.8. The highest BCUT2D eigenvalue weighted by Crippen LogP contribution is 2.32. The van der Waals surface area contributed by atoms with Gasteiger partial charge in [-0.2, -0.15) is 0 Å². The van der Waals surface area contributed by atoms with Crippen molar-refractivity contribution in [1.82, 2.24) is 10.2 Å². The lowest BCUT2D eigenvalue weighted by Gasteiger charge is -2.32. The van der Waals surface area contributed by atoms with E-state index in [1.807, 2.05) is 24.3 Å². The van der Waals surface area contributed by atoms with Gasteiger partial charge in [0, 0.05) is 0 Å². The minimum Gasteiger partial charge on any atom is -0.324 e. The van der Waals surface area contributed by atoms with Gasteiger partial charge in [-0.25, -0.2) is 0 Å². The van der Waals surface area contributed by atoms with Gasteiger partial charge in [0.25, 0.3) is 0 Å². The molecular weight excluding hydrogens is 256 g/mol. The number of hydrogen-bond donors (Lipinski definition) is 1. The van der Waals surface area contributed by atoms with Gasteiger partial charge in [0.2, 0.25) is 17.7 Å². The lowest BCUT2D eigenvalue weighted by Crippen LogP contribution is -2.54. The van der Waals surface area contributed by atoms with Crippen LogP contribution in [0.2, 0.25) is 0 Å². The summed E-state index contributed by atoms with van der Waals surface area (Å²) in [5, 5.41) is 2.21. The highest BCUT2D eigenvalue weighted by Gasteiger charge is 2.33. The Hall–Kier alpha value is -2.17. The van der Waals surface area contributed by atoms with Crippen molar-refractivity contribution in [3.63, 3.8) is 0 Å². The van der Waals surface area contributed by atoms with Crippen molar-refractivity contribution in [2.45, 2.75) is 25.2 Å². The molecule has 1 unspecified atom stereocenters. The molecule has 0 aromatic heterocycles. The Kier molecular flexibility index (Phi) is 3.26. The van der Waals surface area contributed by atoms with Gasteiger partial charge < -0.3 is 4.90 Å². The monoisotopic (exact) mass is 272 g/mol. The van der Waals surface area contributed by atoms with Crippen molar-refractivity contribution in [3.05, 3.63) is 35.4 Å². The number of imide groups is 1. The molecule has 2 aliphatic rings. The topological polar surface area (TPSA) is 66.5 Å². The molecule has 1 aromatic rings. The number of rotatable bonds is 1. The predicted molar refractivity (Wildman–Crippen MR) is 71.9 cm³/mol. The number of amides is 3.